The predicted octanol–water partition coefficient (Wildman–Crippen LogP) is 3.01. The molecule has 2 N–H and O–H groups in total. The van der Waals surface area contributed by atoms with Crippen LogP contribution in [-0.4, -0.2) is 24.7 Å². The molecule has 0 aliphatic heterocycles. The number of hydrogen-bond donors (Lipinski definition) is 2. The van der Waals surface area contributed by atoms with Crippen molar-refractivity contribution in [1.82, 2.24) is 10.3 Å². The molecule has 0 aliphatic rings. The molecule has 1 heterocycles. The van der Waals surface area contributed by atoms with Crippen LogP contribution in [0.15, 0.2) is 42.6 Å². The van der Waals surface area contributed by atoms with Crippen molar-refractivity contribution >= 4 is 11.7 Å². The number of halogens is 2. The monoisotopic (exact) mass is 323 g/mol. The molecule has 8 heteroatoms. The van der Waals surface area contributed by atoms with Crippen LogP contribution in [0.1, 0.15) is 5.56 Å². The number of carbonyl (C=O) groups is 1. The first-order valence-electron chi connectivity index (χ1n) is 6.65. The second-order valence-corrected chi connectivity index (χ2v) is 4.42. The van der Waals surface area contributed by atoms with E-state index in [9.17, 15) is 13.6 Å². The van der Waals surface area contributed by atoms with Gasteiger partial charge in [-0.15, -0.1) is 0 Å². The van der Waals surface area contributed by atoms with Gasteiger partial charge in [-0.05, 0) is 23.8 Å². The number of pyridine rings is 1. The van der Waals surface area contributed by atoms with Crippen molar-refractivity contribution in [3.63, 3.8) is 0 Å². The van der Waals surface area contributed by atoms with Crippen LogP contribution >= 0.6 is 0 Å². The lowest BCUT2D eigenvalue weighted by Crippen LogP contribution is -2.28. The zero-order valence-electron chi connectivity index (χ0n) is 12.3. The Hall–Kier alpha value is -2.90. The first kappa shape index (κ1) is 16.5. The third-order valence-corrected chi connectivity index (χ3v) is 2.79. The average molecular weight is 323 g/mol. The summed E-state index contributed by atoms with van der Waals surface area (Å²) in [5, 5.41) is 5.24. The molecule has 0 spiro atoms. The third kappa shape index (κ3) is 5.42. The van der Waals surface area contributed by atoms with Crippen LogP contribution in [0.5, 0.6) is 11.6 Å². The number of benzene rings is 1. The van der Waals surface area contributed by atoms with Crippen molar-refractivity contribution in [2.24, 2.45) is 0 Å². The van der Waals surface area contributed by atoms with Crippen LogP contribution in [0, 0.1) is 0 Å². The summed E-state index contributed by atoms with van der Waals surface area (Å²) in [7, 11) is 1.53. The summed E-state index contributed by atoms with van der Waals surface area (Å²) in [4.78, 5) is 15.5. The van der Waals surface area contributed by atoms with E-state index in [1.807, 2.05) is 0 Å². The maximum absolute atomic E-state index is 12.1. The van der Waals surface area contributed by atoms with Crippen molar-refractivity contribution in [2.75, 3.05) is 12.4 Å². The smallest absolute Gasteiger partial charge is 0.388 e. The maximum Gasteiger partial charge on any atom is 0.388 e. The Morgan fingerprint density at radius 2 is 2.13 bits per heavy atom. The topological polar surface area (TPSA) is 72.5 Å². The van der Waals surface area contributed by atoms with Gasteiger partial charge in [0.15, 0.2) is 0 Å². The summed E-state index contributed by atoms with van der Waals surface area (Å²) < 4.78 is 33.5. The van der Waals surface area contributed by atoms with Crippen LogP contribution < -0.4 is 20.1 Å². The van der Waals surface area contributed by atoms with Crippen LogP contribution in [0.2, 0.25) is 0 Å². The van der Waals surface area contributed by atoms with Gasteiger partial charge in [0, 0.05) is 30.6 Å². The van der Waals surface area contributed by atoms with Crippen molar-refractivity contribution in [3.05, 3.63) is 48.2 Å². The fourth-order valence-electron chi connectivity index (χ4n) is 1.77. The van der Waals surface area contributed by atoms with E-state index < -0.39 is 12.6 Å². The minimum absolute atomic E-state index is 0.137. The number of amides is 2. The first-order chi connectivity index (χ1) is 11.1. The molecule has 23 heavy (non-hydrogen) atoms. The highest BCUT2D eigenvalue weighted by Gasteiger charge is 2.07. The summed E-state index contributed by atoms with van der Waals surface area (Å²) in [5.41, 5.74) is 1.15. The van der Waals surface area contributed by atoms with Gasteiger partial charge in [0.05, 0.1) is 7.11 Å². The molecule has 0 saturated carbocycles. The number of aromatic nitrogens is 1. The number of rotatable bonds is 6. The SMILES string of the molecule is COc1cccc(NC(=O)NCc2ccnc(OC(F)F)c2)c1. The molecule has 0 saturated heterocycles. The summed E-state index contributed by atoms with van der Waals surface area (Å²) in [5.74, 6) is 0.415. The average Bonchev–Trinajstić information content (AvgIpc) is 2.53. The molecule has 0 atom stereocenters. The molecule has 1 aromatic heterocycles. The second-order valence-electron chi connectivity index (χ2n) is 4.42. The molecule has 0 fully saturated rings. The third-order valence-electron chi connectivity index (χ3n) is 2.79. The largest absolute Gasteiger partial charge is 0.497 e. The summed E-state index contributed by atoms with van der Waals surface area (Å²) >= 11 is 0. The minimum atomic E-state index is -2.94. The summed E-state index contributed by atoms with van der Waals surface area (Å²) in [6.45, 7) is -2.81. The van der Waals surface area contributed by atoms with Gasteiger partial charge in [-0.2, -0.15) is 8.78 Å². The van der Waals surface area contributed by atoms with Gasteiger partial charge < -0.3 is 20.1 Å². The van der Waals surface area contributed by atoms with Gasteiger partial charge in [0.1, 0.15) is 5.75 Å². The zero-order chi connectivity index (χ0) is 16.7. The lowest BCUT2D eigenvalue weighted by molar-refractivity contribution is -0.0528. The molecule has 1 aromatic carbocycles. The van der Waals surface area contributed by atoms with Crippen LogP contribution in [0.4, 0.5) is 19.3 Å². The van der Waals surface area contributed by atoms with E-state index in [1.165, 1.54) is 19.4 Å². The Morgan fingerprint density at radius 1 is 1.30 bits per heavy atom. The predicted molar refractivity (Wildman–Crippen MR) is 79.7 cm³/mol. The van der Waals surface area contributed by atoms with Crippen molar-refractivity contribution in [3.8, 4) is 11.6 Å². The van der Waals surface area contributed by atoms with Gasteiger partial charge in [0.2, 0.25) is 5.88 Å². The second kappa shape index (κ2) is 7.92. The van der Waals surface area contributed by atoms with E-state index in [0.717, 1.165) is 0 Å². The van der Waals surface area contributed by atoms with E-state index in [1.54, 1.807) is 30.3 Å². The highest BCUT2D eigenvalue weighted by molar-refractivity contribution is 5.89. The number of ether oxygens (including phenoxy) is 2. The van der Waals surface area contributed by atoms with Crippen LogP contribution in [-0.2, 0) is 6.54 Å². The Bertz CT molecular complexity index is 668. The van der Waals surface area contributed by atoms with E-state index in [-0.39, 0.29) is 12.4 Å². The number of hydrogen-bond acceptors (Lipinski definition) is 4. The molecule has 6 nitrogen and oxygen atoms in total. The zero-order valence-corrected chi connectivity index (χ0v) is 12.3. The number of nitrogens with zero attached hydrogens (tertiary/aromatic N) is 1. The minimum Gasteiger partial charge on any atom is -0.497 e. The standard InChI is InChI=1S/C15H15F2N3O3/c1-22-12-4-2-3-11(8-12)20-15(21)19-9-10-5-6-18-13(7-10)23-14(16)17/h2-8,14H,9H2,1H3,(H2,19,20,21). The first-order valence-corrected chi connectivity index (χ1v) is 6.65. The summed E-state index contributed by atoms with van der Waals surface area (Å²) in [6.07, 6.45) is 1.33. The molecular formula is C15H15F2N3O3. The van der Waals surface area contributed by atoms with Gasteiger partial charge >= 0.3 is 12.6 Å². The highest BCUT2D eigenvalue weighted by Crippen LogP contribution is 2.16. The Kier molecular flexibility index (Phi) is 5.67. The lowest BCUT2D eigenvalue weighted by Gasteiger charge is -2.09. The highest BCUT2D eigenvalue weighted by atomic mass is 19.3. The van der Waals surface area contributed by atoms with Gasteiger partial charge in [-0.1, -0.05) is 6.07 Å². The van der Waals surface area contributed by atoms with E-state index in [0.29, 0.717) is 17.0 Å². The quantitative estimate of drug-likeness (QED) is 0.857. The molecule has 2 amide bonds. The maximum atomic E-state index is 12.1. The number of carbonyl (C=O) groups excluding carboxylic acids is 1. The summed E-state index contributed by atoms with van der Waals surface area (Å²) in [6, 6.07) is 9.35. The van der Waals surface area contributed by atoms with Gasteiger partial charge in [-0.25, -0.2) is 9.78 Å². The Morgan fingerprint density at radius 3 is 2.87 bits per heavy atom. The normalized spacial score (nSPS) is 10.3. The molecule has 122 valence electrons. The fourth-order valence-corrected chi connectivity index (χ4v) is 1.77. The Labute approximate surface area is 131 Å². The van der Waals surface area contributed by atoms with Gasteiger partial charge in [-0.3, -0.25) is 0 Å². The lowest BCUT2D eigenvalue weighted by atomic mass is 10.2. The molecular weight excluding hydrogens is 308 g/mol. The molecule has 0 bridgehead atoms. The van der Waals surface area contributed by atoms with Crippen LogP contribution in [0.3, 0.4) is 0 Å². The van der Waals surface area contributed by atoms with Gasteiger partial charge in [0.25, 0.3) is 0 Å². The van der Waals surface area contributed by atoms with Crippen molar-refractivity contribution in [2.45, 2.75) is 13.2 Å². The number of urea groups is 1. The van der Waals surface area contributed by atoms with Crippen molar-refractivity contribution in [1.29, 1.82) is 0 Å². The fraction of sp³-hybridized carbons (Fsp3) is 0.200. The van der Waals surface area contributed by atoms with Crippen LogP contribution in [0.25, 0.3) is 0 Å². The number of alkyl halides is 2. The number of nitrogens with one attached hydrogen (secondary N) is 2. The Balaban J connectivity index is 1.88. The number of methoxy groups -OCH3 is 1. The number of anilines is 1. The molecule has 2 aromatic rings. The van der Waals surface area contributed by atoms with E-state index >= 15 is 0 Å². The van der Waals surface area contributed by atoms with E-state index in [4.69, 9.17) is 4.74 Å². The molecule has 0 aliphatic carbocycles. The van der Waals surface area contributed by atoms with Crippen molar-refractivity contribution < 1.29 is 23.0 Å². The molecule has 0 unspecified atom stereocenters. The molecule has 0 radical (unpaired) electrons. The van der Waals surface area contributed by atoms with E-state index in [2.05, 4.69) is 20.4 Å². The molecule has 2 rings (SSSR count).